The van der Waals surface area contributed by atoms with Crippen LogP contribution >= 0.6 is 15.9 Å². The van der Waals surface area contributed by atoms with Gasteiger partial charge in [-0.3, -0.25) is 4.79 Å². The third kappa shape index (κ3) is 3.18. The Morgan fingerprint density at radius 2 is 2.44 bits per heavy atom. The Morgan fingerprint density at radius 3 is 3.11 bits per heavy atom. The van der Waals surface area contributed by atoms with Gasteiger partial charge in [-0.2, -0.15) is 0 Å². The molecule has 4 N–H and O–H groups in total. The van der Waals surface area contributed by atoms with Crippen LogP contribution in [0.1, 0.15) is 23.2 Å². The van der Waals surface area contributed by atoms with Gasteiger partial charge in [0.05, 0.1) is 18.2 Å². The fourth-order valence-electron chi connectivity index (χ4n) is 1.85. The van der Waals surface area contributed by atoms with Crippen LogP contribution in [-0.4, -0.2) is 30.1 Å². The summed E-state index contributed by atoms with van der Waals surface area (Å²) in [6.07, 6.45) is 3.47. The van der Waals surface area contributed by atoms with E-state index in [4.69, 9.17) is 10.6 Å². The second kappa shape index (κ2) is 6.12. The summed E-state index contributed by atoms with van der Waals surface area (Å²) in [4.78, 5) is 16.2. The quantitative estimate of drug-likeness (QED) is 0.573. The maximum atomic E-state index is 12.1. The molecule has 0 spiro atoms. The fraction of sp³-hybridized carbons (Fsp3) is 0.455. The maximum Gasteiger partial charge on any atom is 0.255 e. The van der Waals surface area contributed by atoms with Gasteiger partial charge in [-0.15, -0.1) is 0 Å². The number of halogens is 1. The van der Waals surface area contributed by atoms with E-state index in [0.717, 1.165) is 23.9 Å². The lowest BCUT2D eigenvalue weighted by atomic mass is 10.1. The van der Waals surface area contributed by atoms with Crippen LogP contribution < -0.4 is 16.6 Å². The Hall–Kier alpha value is -1.18. The Kier molecular flexibility index (Phi) is 4.51. The number of carbonyl (C=O) groups is 1. The molecule has 1 unspecified atom stereocenters. The zero-order valence-corrected chi connectivity index (χ0v) is 11.4. The van der Waals surface area contributed by atoms with E-state index in [9.17, 15) is 4.79 Å². The highest BCUT2D eigenvalue weighted by Gasteiger charge is 2.19. The molecule has 98 valence electrons. The number of ether oxygens (including phenoxy) is 1. The van der Waals surface area contributed by atoms with Crippen molar-refractivity contribution < 1.29 is 9.53 Å². The standard InChI is InChI=1S/C11H15BrN4O2/c12-7-4-9(10(16-13)14-5-7)11(17)15-8-2-1-3-18-6-8/h4-5,8H,1-3,6,13H2,(H,14,16)(H,15,17). The van der Waals surface area contributed by atoms with Gasteiger partial charge in [0.15, 0.2) is 5.82 Å². The van der Waals surface area contributed by atoms with Crippen molar-refractivity contribution in [3.05, 3.63) is 22.3 Å². The number of carbonyl (C=O) groups excluding carboxylic acids is 1. The number of amides is 1. The molecule has 0 radical (unpaired) electrons. The summed E-state index contributed by atoms with van der Waals surface area (Å²) < 4.78 is 6.05. The van der Waals surface area contributed by atoms with E-state index in [0.29, 0.717) is 18.0 Å². The predicted molar refractivity (Wildman–Crippen MR) is 71.1 cm³/mol. The van der Waals surface area contributed by atoms with Crippen LogP contribution in [0.25, 0.3) is 0 Å². The van der Waals surface area contributed by atoms with Crippen molar-refractivity contribution in [2.45, 2.75) is 18.9 Å². The van der Waals surface area contributed by atoms with E-state index >= 15 is 0 Å². The van der Waals surface area contributed by atoms with Crippen molar-refractivity contribution in [3.8, 4) is 0 Å². The van der Waals surface area contributed by atoms with Crippen molar-refractivity contribution in [2.75, 3.05) is 18.6 Å². The second-order valence-corrected chi connectivity index (χ2v) is 5.00. The van der Waals surface area contributed by atoms with Gasteiger partial charge in [0.1, 0.15) is 0 Å². The lowest BCUT2D eigenvalue weighted by Gasteiger charge is -2.23. The first-order valence-corrected chi connectivity index (χ1v) is 6.51. The van der Waals surface area contributed by atoms with E-state index in [1.165, 1.54) is 0 Å². The van der Waals surface area contributed by atoms with Gasteiger partial charge in [0.2, 0.25) is 0 Å². The highest BCUT2D eigenvalue weighted by molar-refractivity contribution is 9.10. The molecular formula is C11H15BrN4O2. The van der Waals surface area contributed by atoms with Crippen LogP contribution in [0.2, 0.25) is 0 Å². The molecule has 1 aromatic rings. The normalized spacial score (nSPS) is 19.3. The molecule has 0 aliphatic carbocycles. The van der Waals surface area contributed by atoms with Crippen LogP contribution in [0.3, 0.4) is 0 Å². The van der Waals surface area contributed by atoms with Crippen LogP contribution in [0.4, 0.5) is 5.82 Å². The summed E-state index contributed by atoms with van der Waals surface area (Å²) in [5, 5.41) is 2.92. The van der Waals surface area contributed by atoms with Crippen molar-refractivity contribution in [2.24, 2.45) is 5.84 Å². The molecule has 1 saturated heterocycles. The van der Waals surface area contributed by atoms with Crippen molar-refractivity contribution >= 4 is 27.7 Å². The van der Waals surface area contributed by atoms with Crippen molar-refractivity contribution in [1.82, 2.24) is 10.3 Å². The highest BCUT2D eigenvalue weighted by Crippen LogP contribution is 2.18. The number of hydrazine groups is 1. The molecule has 1 aliphatic heterocycles. The Morgan fingerprint density at radius 1 is 1.61 bits per heavy atom. The molecule has 1 aliphatic rings. The lowest BCUT2D eigenvalue weighted by molar-refractivity contribution is 0.0624. The number of pyridine rings is 1. The summed E-state index contributed by atoms with van der Waals surface area (Å²) in [6, 6.07) is 1.73. The first-order chi connectivity index (χ1) is 8.70. The number of hydrogen-bond acceptors (Lipinski definition) is 5. The smallest absolute Gasteiger partial charge is 0.255 e. The number of nitrogen functional groups attached to an aromatic ring is 1. The van der Waals surface area contributed by atoms with E-state index in [2.05, 4.69) is 31.7 Å². The molecule has 1 fully saturated rings. The van der Waals surface area contributed by atoms with E-state index in [1.807, 2.05) is 0 Å². The van der Waals surface area contributed by atoms with Crippen molar-refractivity contribution in [3.63, 3.8) is 0 Å². The Balaban J connectivity index is 2.09. The average molecular weight is 315 g/mol. The van der Waals surface area contributed by atoms with Crippen molar-refractivity contribution in [1.29, 1.82) is 0 Å². The van der Waals surface area contributed by atoms with Crippen LogP contribution in [0, 0.1) is 0 Å². The molecule has 0 aromatic carbocycles. The number of nitrogens with zero attached hydrogens (tertiary/aromatic N) is 1. The molecule has 2 rings (SSSR count). The number of rotatable bonds is 3. The van der Waals surface area contributed by atoms with Gasteiger partial charge >= 0.3 is 0 Å². The fourth-order valence-corrected chi connectivity index (χ4v) is 2.18. The van der Waals surface area contributed by atoms with Gasteiger partial charge in [-0.25, -0.2) is 10.8 Å². The zero-order valence-electron chi connectivity index (χ0n) is 9.78. The van der Waals surface area contributed by atoms with Gasteiger partial charge < -0.3 is 15.5 Å². The molecule has 2 heterocycles. The lowest BCUT2D eigenvalue weighted by Crippen LogP contribution is -2.41. The summed E-state index contributed by atoms with van der Waals surface area (Å²) in [5.74, 6) is 5.49. The minimum absolute atomic E-state index is 0.0517. The third-order valence-corrected chi connectivity index (χ3v) is 3.16. The average Bonchev–Trinajstić information content (AvgIpc) is 2.40. The first-order valence-electron chi connectivity index (χ1n) is 5.71. The molecule has 6 nitrogen and oxygen atoms in total. The molecule has 1 atom stereocenters. The number of anilines is 1. The minimum atomic E-state index is -0.202. The van der Waals surface area contributed by atoms with E-state index in [1.54, 1.807) is 12.3 Å². The number of hydrogen-bond donors (Lipinski definition) is 3. The molecular weight excluding hydrogens is 300 g/mol. The van der Waals surface area contributed by atoms with E-state index < -0.39 is 0 Å². The summed E-state index contributed by atoms with van der Waals surface area (Å²) in [7, 11) is 0. The second-order valence-electron chi connectivity index (χ2n) is 4.08. The topological polar surface area (TPSA) is 89.3 Å². The maximum absolute atomic E-state index is 12.1. The molecule has 0 bridgehead atoms. The molecule has 0 saturated carbocycles. The minimum Gasteiger partial charge on any atom is -0.379 e. The number of aromatic nitrogens is 1. The summed E-state index contributed by atoms with van der Waals surface area (Å²) in [6.45, 7) is 1.32. The molecule has 7 heteroatoms. The SMILES string of the molecule is NNc1ncc(Br)cc1C(=O)NC1CCCOC1. The van der Waals surface area contributed by atoms with Gasteiger partial charge in [-0.1, -0.05) is 0 Å². The van der Waals surface area contributed by atoms with Crippen LogP contribution in [-0.2, 0) is 4.74 Å². The molecule has 18 heavy (non-hydrogen) atoms. The summed E-state index contributed by atoms with van der Waals surface area (Å²) >= 11 is 3.28. The highest BCUT2D eigenvalue weighted by atomic mass is 79.9. The number of nitrogens with one attached hydrogen (secondary N) is 2. The van der Waals surface area contributed by atoms with Crippen LogP contribution in [0.15, 0.2) is 16.7 Å². The predicted octanol–water partition coefficient (Wildman–Crippen LogP) is 1.04. The molecule has 1 aromatic heterocycles. The zero-order chi connectivity index (χ0) is 13.0. The van der Waals surface area contributed by atoms with Gasteiger partial charge in [0, 0.05) is 17.3 Å². The first kappa shape index (κ1) is 13.3. The van der Waals surface area contributed by atoms with Gasteiger partial charge in [0.25, 0.3) is 5.91 Å². The number of nitrogens with two attached hydrogens (primary N) is 1. The van der Waals surface area contributed by atoms with E-state index in [-0.39, 0.29) is 11.9 Å². The Labute approximate surface area is 113 Å². The van der Waals surface area contributed by atoms with Gasteiger partial charge in [-0.05, 0) is 34.8 Å². The largest absolute Gasteiger partial charge is 0.379 e. The van der Waals surface area contributed by atoms with Crippen LogP contribution in [0.5, 0.6) is 0 Å². The third-order valence-electron chi connectivity index (χ3n) is 2.73. The monoisotopic (exact) mass is 314 g/mol. The summed E-state index contributed by atoms with van der Waals surface area (Å²) in [5.41, 5.74) is 2.83. The Bertz CT molecular complexity index is 435. The molecule has 1 amide bonds.